The second-order valence-electron chi connectivity index (χ2n) is 8.25. The molecule has 7 nitrogen and oxygen atoms in total. The Morgan fingerprint density at radius 3 is 2.36 bits per heavy atom. The van der Waals surface area contributed by atoms with E-state index in [1.54, 1.807) is 11.9 Å². The molecule has 0 saturated carbocycles. The first kappa shape index (κ1) is 18.9. The zero-order chi connectivity index (χ0) is 19.9. The average Bonchev–Trinajstić information content (AvgIpc) is 3.25. The maximum atomic E-state index is 12.8. The zero-order valence-corrected chi connectivity index (χ0v) is 16.6. The van der Waals surface area contributed by atoms with Crippen molar-refractivity contribution in [1.29, 1.82) is 0 Å². The van der Waals surface area contributed by atoms with Crippen molar-refractivity contribution in [3.05, 3.63) is 35.9 Å². The van der Waals surface area contributed by atoms with E-state index < -0.39 is 5.54 Å². The fourth-order valence-electron chi connectivity index (χ4n) is 4.89. The van der Waals surface area contributed by atoms with Crippen molar-refractivity contribution in [2.75, 3.05) is 46.8 Å². The Balaban J connectivity index is 1.32. The maximum Gasteiger partial charge on any atom is 0.327 e. The Morgan fingerprint density at radius 1 is 1.07 bits per heavy atom. The van der Waals surface area contributed by atoms with Gasteiger partial charge in [-0.2, -0.15) is 0 Å². The molecule has 0 aromatic heterocycles. The van der Waals surface area contributed by atoms with Crippen LogP contribution in [-0.4, -0.2) is 89.8 Å². The van der Waals surface area contributed by atoms with Crippen molar-refractivity contribution in [2.24, 2.45) is 0 Å². The number of rotatable bonds is 3. The number of urea groups is 1. The molecule has 4 rings (SSSR count). The van der Waals surface area contributed by atoms with Crippen LogP contribution in [0.2, 0.25) is 0 Å². The molecule has 3 fully saturated rings. The van der Waals surface area contributed by atoms with Crippen LogP contribution >= 0.6 is 0 Å². The van der Waals surface area contributed by atoms with Gasteiger partial charge in [0.05, 0.1) is 6.54 Å². The predicted octanol–water partition coefficient (Wildman–Crippen LogP) is 1.36. The van der Waals surface area contributed by atoms with Crippen molar-refractivity contribution in [3.63, 3.8) is 0 Å². The van der Waals surface area contributed by atoms with Crippen molar-refractivity contribution in [1.82, 2.24) is 19.6 Å². The van der Waals surface area contributed by atoms with Gasteiger partial charge in [0.1, 0.15) is 5.54 Å². The lowest BCUT2D eigenvalue weighted by Crippen LogP contribution is -2.57. The molecule has 1 aromatic carbocycles. The normalized spacial score (nSPS) is 25.2. The Labute approximate surface area is 165 Å². The number of hydrogen-bond acceptors (Lipinski definition) is 4. The van der Waals surface area contributed by atoms with Gasteiger partial charge < -0.3 is 9.80 Å². The van der Waals surface area contributed by atoms with Crippen molar-refractivity contribution in [2.45, 2.75) is 30.7 Å². The van der Waals surface area contributed by atoms with Crippen LogP contribution in [0.25, 0.3) is 0 Å². The summed E-state index contributed by atoms with van der Waals surface area (Å²) in [4.78, 5) is 44.3. The number of likely N-dealkylation sites (tertiary alicyclic amines) is 2. The summed E-state index contributed by atoms with van der Waals surface area (Å²) in [5.41, 5.74) is 0.572. The monoisotopic (exact) mass is 384 g/mol. The second-order valence-corrected chi connectivity index (χ2v) is 8.25. The van der Waals surface area contributed by atoms with Crippen LogP contribution in [0.1, 0.15) is 30.7 Å². The molecule has 1 aromatic rings. The lowest BCUT2D eigenvalue weighted by Gasteiger charge is -2.41. The maximum absolute atomic E-state index is 12.8. The molecular formula is C21H28N4O3. The summed E-state index contributed by atoms with van der Waals surface area (Å²) in [6.07, 6.45) is 2.10. The summed E-state index contributed by atoms with van der Waals surface area (Å²) in [7, 11) is 3.22. The molecule has 28 heavy (non-hydrogen) atoms. The van der Waals surface area contributed by atoms with Crippen LogP contribution < -0.4 is 0 Å². The lowest BCUT2D eigenvalue weighted by molar-refractivity contribution is -0.140. The van der Waals surface area contributed by atoms with Crippen LogP contribution in [0.3, 0.4) is 0 Å². The summed E-state index contributed by atoms with van der Waals surface area (Å²) in [6, 6.07) is 10.2. The molecule has 0 N–H and O–H groups in total. The van der Waals surface area contributed by atoms with E-state index in [2.05, 4.69) is 29.2 Å². The third-order valence-electron chi connectivity index (χ3n) is 6.76. The molecule has 150 valence electrons. The number of likely N-dealkylation sites (N-methyl/N-ethyl adjacent to an activating group) is 2. The highest BCUT2D eigenvalue weighted by atomic mass is 16.2. The van der Waals surface area contributed by atoms with Gasteiger partial charge in [-0.25, -0.2) is 4.79 Å². The van der Waals surface area contributed by atoms with Crippen LogP contribution in [-0.2, 0) is 9.59 Å². The van der Waals surface area contributed by atoms with Gasteiger partial charge in [0.15, 0.2) is 0 Å². The van der Waals surface area contributed by atoms with Crippen LogP contribution in [0, 0.1) is 0 Å². The third kappa shape index (κ3) is 3.07. The molecule has 0 radical (unpaired) electrons. The molecular weight excluding hydrogens is 356 g/mol. The quantitative estimate of drug-likeness (QED) is 0.739. The highest BCUT2D eigenvalue weighted by Gasteiger charge is 2.55. The molecule has 0 unspecified atom stereocenters. The molecule has 3 aliphatic heterocycles. The minimum absolute atomic E-state index is 0.122. The molecule has 3 heterocycles. The first-order valence-corrected chi connectivity index (χ1v) is 10.0. The molecule has 0 bridgehead atoms. The topological polar surface area (TPSA) is 64.2 Å². The van der Waals surface area contributed by atoms with Gasteiger partial charge in [-0.05, 0) is 37.3 Å². The molecule has 0 aliphatic carbocycles. The summed E-state index contributed by atoms with van der Waals surface area (Å²) < 4.78 is 0. The third-order valence-corrected chi connectivity index (χ3v) is 6.76. The van der Waals surface area contributed by atoms with Gasteiger partial charge in [0.25, 0.3) is 5.91 Å². The van der Waals surface area contributed by atoms with Gasteiger partial charge in [0.2, 0.25) is 5.91 Å². The van der Waals surface area contributed by atoms with E-state index >= 15 is 0 Å². The van der Waals surface area contributed by atoms with Crippen LogP contribution in [0.5, 0.6) is 0 Å². The molecule has 1 spiro atoms. The second kappa shape index (κ2) is 7.20. The van der Waals surface area contributed by atoms with Crippen molar-refractivity contribution >= 4 is 17.8 Å². The molecule has 3 aliphatic rings. The fraction of sp³-hybridized carbons (Fsp3) is 0.571. The number of benzene rings is 1. The number of nitrogens with zero attached hydrogens (tertiary/aromatic N) is 4. The number of piperidine rings is 1. The molecule has 1 atom stereocenters. The number of hydrogen-bond donors (Lipinski definition) is 0. The van der Waals surface area contributed by atoms with E-state index in [9.17, 15) is 14.4 Å². The van der Waals surface area contributed by atoms with Gasteiger partial charge in [-0.1, -0.05) is 30.3 Å². The largest absolute Gasteiger partial charge is 0.341 e. The Kier molecular flexibility index (Phi) is 4.87. The van der Waals surface area contributed by atoms with Gasteiger partial charge in [-0.15, -0.1) is 0 Å². The highest BCUT2D eigenvalue weighted by Crippen LogP contribution is 2.35. The van der Waals surface area contributed by atoms with Crippen LogP contribution in [0.15, 0.2) is 30.3 Å². The van der Waals surface area contributed by atoms with E-state index in [1.165, 1.54) is 17.5 Å². The SMILES string of the molecule is CN1C(=O)N(C)C2(CCN(C(=O)CN3CC[C@@H](c4ccccc4)C3)CC2)C1=O. The van der Waals surface area contributed by atoms with E-state index in [0.29, 0.717) is 38.4 Å². The Bertz CT molecular complexity index is 773. The number of carbonyl (C=O) groups excluding carboxylic acids is 3. The Hall–Kier alpha value is -2.41. The first-order valence-electron chi connectivity index (χ1n) is 10.0. The van der Waals surface area contributed by atoms with Gasteiger partial charge in [0, 0.05) is 33.7 Å². The average molecular weight is 384 g/mol. The summed E-state index contributed by atoms with van der Waals surface area (Å²) in [6.45, 7) is 3.31. The number of carbonyl (C=O) groups is 3. The van der Waals surface area contributed by atoms with E-state index in [1.807, 2.05) is 11.0 Å². The summed E-state index contributed by atoms with van der Waals surface area (Å²) >= 11 is 0. The van der Waals surface area contributed by atoms with E-state index in [0.717, 1.165) is 19.5 Å². The summed E-state index contributed by atoms with van der Waals surface area (Å²) in [5, 5.41) is 0. The minimum atomic E-state index is -0.769. The smallest absolute Gasteiger partial charge is 0.327 e. The molecule has 7 heteroatoms. The van der Waals surface area contributed by atoms with Crippen LogP contribution in [0.4, 0.5) is 4.79 Å². The first-order chi connectivity index (χ1) is 13.4. The number of amides is 4. The van der Waals surface area contributed by atoms with E-state index in [4.69, 9.17) is 0 Å². The molecule has 4 amide bonds. The standard InChI is InChI=1S/C21H28N4O3/c1-22-19(27)21(23(2)20(22)28)9-12-25(13-10-21)18(26)15-24-11-8-17(14-24)16-6-4-3-5-7-16/h3-7,17H,8-15H2,1-2H3/t17-/m1/s1. The van der Waals surface area contributed by atoms with Crippen molar-refractivity contribution < 1.29 is 14.4 Å². The zero-order valence-electron chi connectivity index (χ0n) is 16.6. The predicted molar refractivity (Wildman–Crippen MR) is 105 cm³/mol. The lowest BCUT2D eigenvalue weighted by atomic mass is 9.86. The van der Waals surface area contributed by atoms with Crippen molar-refractivity contribution in [3.8, 4) is 0 Å². The molecule has 3 saturated heterocycles. The summed E-state index contributed by atoms with van der Waals surface area (Å²) in [5.74, 6) is 0.471. The Morgan fingerprint density at radius 2 is 1.75 bits per heavy atom. The van der Waals surface area contributed by atoms with E-state index in [-0.39, 0.29) is 17.8 Å². The number of imide groups is 1. The van der Waals surface area contributed by atoms with Gasteiger partial charge in [-0.3, -0.25) is 19.4 Å². The highest BCUT2D eigenvalue weighted by molar-refractivity contribution is 6.06. The fourth-order valence-corrected chi connectivity index (χ4v) is 4.89. The minimum Gasteiger partial charge on any atom is -0.341 e. The van der Waals surface area contributed by atoms with Gasteiger partial charge >= 0.3 is 6.03 Å².